The zero-order valence-corrected chi connectivity index (χ0v) is 11.5. The maximum absolute atomic E-state index is 11.7. The van der Waals surface area contributed by atoms with Crippen molar-refractivity contribution in [2.45, 2.75) is 13.8 Å². The number of carbonyl (C=O) groups is 1. The molecule has 0 aliphatic heterocycles. The first-order valence-corrected chi connectivity index (χ1v) is 6.43. The SMILES string of the molecule is CCOC(=O)c1cnc2cc(OCC)ccc2c1Cl. The van der Waals surface area contributed by atoms with Crippen LogP contribution in [0.3, 0.4) is 0 Å². The number of rotatable bonds is 4. The highest BCUT2D eigenvalue weighted by Gasteiger charge is 2.15. The smallest absolute Gasteiger partial charge is 0.341 e. The number of hydrogen-bond acceptors (Lipinski definition) is 4. The van der Waals surface area contributed by atoms with Gasteiger partial charge in [-0.3, -0.25) is 4.98 Å². The number of benzene rings is 1. The standard InChI is InChI=1S/C14H14ClNO3/c1-3-18-9-5-6-10-12(7-9)16-8-11(13(10)15)14(17)19-4-2/h5-8H,3-4H2,1-2H3. The lowest BCUT2D eigenvalue weighted by molar-refractivity contribution is 0.0526. The average Bonchev–Trinajstić information content (AvgIpc) is 2.39. The molecule has 0 radical (unpaired) electrons. The molecule has 0 saturated carbocycles. The Hall–Kier alpha value is -1.81. The predicted molar refractivity (Wildman–Crippen MR) is 73.9 cm³/mol. The third-order valence-electron chi connectivity index (χ3n) is 2.58. The van der Waals surface area contributed by atoms with E-state index in [9.17, 15) is 4.79 Å². The highest BCUT2D eigenvalue weighted by atomic mass is 35.5. The molecule has 2 aromatic rings. The van der Waals surface area contributed by atoms with Gasteiger partial charge in [0, 0.05) is 17.6 Å². The zero-order chi connectivity index (χ0) is 13.8. The van der Waals surface area contributed by atoms with E-state index in [0.717, 1.165) is 5.75 Å². The van der Waals surface area contributed by atoms with E-state index in [-0.39, 0.29) is 5.56 Å². The molecule has 0 fully saturated rings. The molecule has 0 spiro atoms. The number of halogens is 1. The minimum absolute atomic E-state index is 0.278. The topological polar surface area (TPSA) is 48.4 Å². The number of nitrogens with zero attached hydrogens (tertiary/aromatic N) is 1. The third-order valence-corrected chi connectivity index (χ3v) is 2.99. The molecule has 0 saturated heterocycles. The van der Waals surface area contributed by atoms with Crippen LogP contribution in [0.1, 0.15) is 24.2 Å². The second-order valence-electron chi connectivity index (χ2n) is 3.82. The van der Waals surface area contributed by atoms with Gasteiger partial charge in [0.1, 0.15) is 5.75 Å². The summed E-state index contributed by atoms with van der Waals surface area (Å²) in [5.74, 6) is 0.262. The predicted octanol–water partition coefficient (Wildman–Crippen LogP) is 3.46. The van der Waals surface area contributed by atoms with Gasteiger partial charge in [0.15, 0.2) is 0 Å². The molecule has 0 aliphatic rings. The van der Waals surface area contributed by atoms with Crippen molar-refractivity contribution in [2.75, 3.05) is 13.2 Å². The number of aromatic nitrogens is 1. The molecule has 0 aliphatic carbocycles. The summed E-state index contributed by atoms with van der Waals surface area (Å²) in [6, 6.07) is 5.38. The number of hydrogen-bond donors (Lipinski definition) is 0. The molecular weight excluding hydrogens is 266 g/mol. The number of fused-ring (bicyclic) bond motifs is 1. The van der Waals surface area contributed by atoms with Gasteiger partial charge in [-0.25, -0.2) is 4.79 Å². The monoisotopic (exact) mass is 279 g/mol. The number of pyridine rings is 1. The Labute approximate surface area is 116 Å². The summed E-state index contributed by atoms with van der Waals surface area (Å²) < 4.78 is 10.3. The van der Waals surface area contributed by atoms with E-state index in [1.807, 2.05) is 6.92 Å². The van der Waals surface area contributed by atoms with Gasteiger partial charge in [-0.1, -0.05) is 11.6 Å². The molecule has 100 valence electrons. The van der Waals surface area contributed by atoms with Crippen LogP contribution in [0.5, 0.6) is 5.75 Å². The zero-order valence-electron chi connectivity index (χ0n) is 10.8. The molecular formula is C14H14ClNO3. The summed E-state index contributed by atoms with van der Waals surface area (Å²) in [6.45, 7) is 4.54. The molecule has 1 aromatic carbocycles. The van der Waals surface area contributed by atoms with Crippen LogP contribution in [0.15, 0.2) is 24.4 Å². The Bertz CT molecular complexity index is 613. The summed E-state index contributed by atoms with van der Waals surface area (Å²) in [4.78, 5) is 15.9. The van der Waals surface area contributed by atoms with Gasteiger partial charge in [0.25, 0.3) is 0 Å². The lowest BCUT2D eigenvalue weighted by Gasteiger charge is -2.08. The molecule has 5 heteroatoms. The fourth-order valence-electron chi connectivity index (χ4n) is 1.75. The summed E-state index contributed by atoms with van der Waals surface area (Å²) in [7, 11) is 0. The molecule has 0 atom stereocenters. The van der Waals surface area contributed by atoms with Crippen LogP contribution in [0.25, 0.3) is 10.9 Å². The molecule has 19 heavy (non-hydrogen) atoms. The van der Waals surface area contributed by atoms with E-state index in [0.29, 0.717) is 29.1 Å². The molecule has 0 amide bonds. The van der Waals surface area contributed by atoms with Gasteiger partial charge >= 0.3 is 5.97 Å². The Balaban J connectivity index is 2.47. The van der Waals surface area contributed by atoms with E-state index < -0.39 is 5.97 Å². The van der Waals surface area contributed by atoms with Gasteiger partial charge in [-0.2, -0.15) is 0 Å². The van der Waals surface area contributed by atoms with Crippen molar-refractivity contribution >= 4 is 28.5 Å². The summed E-state index contributed by atoms with van der Waals surface area (Å²) in [6.07, 6.45) is 1.43. The Morgan fingerprint density at radius 1 is 1.32 bits per heavy atom. The van der Waals surface area contributed by atoms with E-state index in [1.165, 1.54) is 6.20 Å². The molecule has 0 N–H and O–H groups in total. The van der Waals surface area contributed by atoms with Crippen LogP contribution in [0.2, 0.25) is 5.02 Å². The maximum Gasteiger partial charge on any atom is 0.341 e. The molecule has 1 aromatic heterocycles. The van der Waals surface area contributed by atoms with Crippen molar-refractivity contribution < 1.29 is 14.3 Å². The second kappa shape index (κ2) is 5.89. The molecule has 0 bridgehead atoms. The minimum Gasteiger partial charge on any atom is -0.494 e. The first-order chi connectivity index (χ1) is 9.17. The van der Waals surface area contributed by atoms with Crippen molar-refractivity contribution in [2.24, 2.45) is 0 Å². The summed E-state index contributed by atoms with van der Waals surface area (Å²) in [5, 5.41) is 1.06. The normalized spacial score (nSPS) is 10.5. The Morgan fingerprint density at radius 2 is 2.11 bits per heavy atom. The molecule has 0 unspecified atom stereocenters. The van der Waals surface area contributed by atoms with Crippen molar-refractivity contribution in [3.8, 4) is 5.75 Å². The third kappa shape index (κ3) is 2.79. The van der Waals surface area contributed by atoms with Crippen LogP contribution in [0, 0.1) is 0 Å². The Kier molecular flexibility index (Phi) is 4.22. The van der Waals surface area contributed by atoms with E-state index in [4.69, 9.17) is 21.1 Å². The lowest BCUT2D eigenvalue weighted by atomic mass is 10.1. The van der Waals surface area contributed by atoms with Crippen LogP contribution in [0.4, 0.5) is 0 Å². The fraction of sp³-hybridized carbons (Fsp3) is 0.286. The molecule has 2 rings (SSSR count). The van der Waals surface area contributed by atoms with E-state index in [2.05, 4.69) is 4.98 Å². The van der Waals surface area contributed by atoms with E-state index >= 15 is 0 Å². The van der Waals surface area contributed by atoms with Crippen LogP contribution >= 0.6 is 11.6 Å². The largest absolute Gasteiger partial charge is 0.494 e. The van der Waals surface area contributed by atoms with E-state index in [1.54, 1.807) is 25.1 Å². The van der Waals surface area contributed by atoms with Gasteiger partial charge < -0.3 is 9.47 Å². The first kappa shape index (κ1) is 13.6. The van der Waals surface area contributed by atoms with Gasteiger partial charge in [0.2, 0.25) is 0 Å². The van der Waals surface area contributed by atoms with Gasteiger partial charge in [-0.05, 0) is 26.0 Å². The fourth-order valence-corrected chi connectivity index (χ4v) is 2.03. The highest BCUT2D eigenvalue weighted by Crippen LogP contribution is 2.28. The van der Waals surface area contributed by atoms with Crippen molar-refractivity contribution in [1.29, 1.82) is 0 Å². The number of esters is 1. The minimum atomic E-state index is -0.462. The summed E-state index contributed by atoms with van der Waals surface area (Å²) >= 11 is 6.22. The van der Waals surface area contributed by atoms with Crippen molar-refractivity contribution in [3.63, 3.8) is 0 Å². The van der Waals surface area contributed by atoms with Crippen LogP contribution in [-0.2, 0) is 4.74 Å². The molecule has 1 heterocycles. The number of carbonyl (C=O) groups excluding carboxylic acids is 1. The Morgan fingerprint density at radius 3 is 2.79 bits per heavy atom. The maximum atomic E-state index is 11.7. The first-order valence-electron chi connectivity index (χ1n) is 6.05. The van der Waals surface area contributed by atoms with Gasteiger partial charge in [0.05, 0.1) is 29.3 Å². The quantitative estimate of drug-likeness (QED) is 0.804. The molecule has 4 nitrogen and oxygen atoms in total. The highest BCUT2D eigenvalue weighted by molar-refractivity contribution is 6.38. The van der Waals surface area contributed by atoms with Crippen LogP contribution in [-0.4, -0.2) is 24.2 Å². The van der Waals surface area contributed by atoms with Crippen LogP contribution < -0.4 is 4.74 Å². The summed E-state index contributed by atoms with van der Waals surface area (Å²) in [5.41, 5.74) is 0.962. The van der Waals surface area contributed by atoms with Gasteiger partial charge in [-0.15, -0.1) is 0 Å². The second-order valence-corrected chi connectivity index (χ2v) is 4.20. The number of ether oxygens (including phenoxy) is 2. The van der Waals surface area contributed by atoms with Crippen molar-refractivity contribution in [3.05, 3.63) is 35.0 Å². The average molecular weight is 280 g/mol. The lowest BCUT2D eigenvalue weighted by Crippen LogP contribution is -2.06. The van der Waals surface area contributed by atoms with Crippen molar-refractivity contribution in [1.82, 2.24) is 4.98 Å².